The first-order chi connectivity index (χ1) is 18.9. The summed E-state index contributed by atoms with van der Waals surface area (Å²) in [6.07, 6.45) is 0. The summed E-state index contributed by atoms with van der Waals surface area (Å²) in [5, 5.41) is 13.0. The number of benzene rings is 5. The van der Waals surface area contributed by atoms with Crippen LogP contribution in [0.2, 0.25) is 0 Å². The fraction of sp³-hybridized carbons (Fsp3) is 0.0645. The lowest BCUT2D eigenvalue weighted by molar-refractivity contribution is -0.384. The van der Waals surface area contributed by atoms with Gasteiger partial charge in [-0.2, -0.15) is 0 Å². The molecule has 1 amide bonds. The van der Waals surface area contributed by atoms with E-state index in [1.807, 2.05) is 91.0 Å². The summed E-state index contributed by atoms with van der Waals surface area (Å²) < 4.78 is 28.7. The van der Waals surface area contributed by atoms with Gasteiger partial charge < -0.3 is 0 Å². The highest BCUT2D eigenvalue weighted by Gasteiger charge is 2.42. The van der Waals surface area contributed by atoms with Gasteiger partial charge in [0.05, 0.1) is 22.3 Å². The first-order valence-corrected chi connectivity index (χ1v) is 13.8. The molecule has 0 saturated heterocycles. The first-order valence-electron chi connectivity index (χ1n) is 12.3. The highest BCUT2D eigenvalue weighted by Crippen LogP contribution is 2.45. The lowest BCUT2D eigenvalue weighted by Gasteiger charge is -2.36. The third kappa shape index (κ3) is 4.15. The van der Waals surface area contributed by atoms with E-state index in [1.54, 1.807) is 0 Å². The second kappa shape index (κ2) is 9.49. The lowest BCUT2D eigenvalue weighted by atomic mass is 9.79. The molecule has 0 bridgehead atoms. The number of nitrogens with zero attached hydrogens (tertiary/aromatic N) is 2. The van der Waals surface area contributed by atoms with Crippen LogP contribution in [-0.4, -0.2) is 23.6 Å². The van der Waals surface area contributed by atoms with Crippen molar-refractivity contribution in [1.82, 2.24) is 4.31 Å². The SMILES string of the molecule is O=C1C(c2ccccc2)c2c(c(-c3ccccc3)cc3ccccc23)CN1S(=O)(=O)c1ccc([N+](=O)[O-])cc1. The highest BCUT2D eigenvalue weighted by atomic mass is 32.2. The Labute approximate surface area is 225 Å². The molecule has 6 rings (SSSR count). The Morgan fingerprint density at radius 3 is 2.08 bits per heavy atom. The first kappa shape index (κ1) is 24.5. The second-order valence-electron chi connectivity index (χ2n) is 9.35. The van der Waals surface area contributed by atoms with E-state index in [1.165, 1.54) is 12.1 Å². The number of rotatable bonds is 5. The molecule has 0 N–H and O–H groups in total. The molecular formula is C31H22N2O5S. The fourth-order valence-corrected chi connectivity index (χ4v) is 6.68. The maximum absolute atomic E-state index is 14.2. The van der Waals surface area contributed by atoms with Crippen molar-refractivity contribution in [3.8, 4) is 11.1 Å². The normalized spacial score (nSPS) is 15.2. The smallest absolute Gasteiger partial charge is 0.269 e. The van der Waals surface area contributed by atoms with Crippen molar-refractivity contribution in [2.45, 2.75) is 17.4 Å². The molecule has 7 nitrogen and oxygen atoms in total. The van der Waals surface area contributed by atoms with Crippen LogP contribution < -0.4 is 0 Å². The second-order valence-corrected chi connectivity index (χ2v) is 11.2. The van der Waals surface area contributed by atoms with E-state index < -0.39 is 26.8 Å². The van der Waals surface area contributed by atoms with Gasteiger partial charge in [0.2, 0.25) is 5.91 Å². The molecule has 8 heteroatoms. The van der Waals surface area contributed by atoms with Crippen molar-refractivity contribution in [3.63, 3.8) is 0 Å². The molecule has 1 atom stereocenters. The Morgan fingerprint density at radius 2 is 1.41 bits per heavy atom. The molecule has 39 heavy (non-hydrogen) atoms. The van der Waals surface area contributed by atoms with E-state index in [0.717, 1.165) is 49.5 Å². The highest BCUT2D eigenvalue weighted by molar-refractivity contribution is 7.89. The minimum absolute atomic E-state index is 0.161. The van der Waals surface area contributed by atoms with E-state index in [9.17, 15) is 23.3 Å². The number of sulfonamides is 1. The van der Waals surface area contributed by atoms with Crippen molar-refractivity contribution in [2.24, 2.45) is 0 Å². The zero-order chi connectivity index (χ0) is 27.1. The number of carbonyl (C=O) groups is 1. The van der Waals surface area contributed by atoms with Crippen LogP contribution in [0.5, 0.6) is 0 Å². The summed E-state index contributed by atoms with van der Waals surface area (Å²) in [5.41, 5.74) is 3.75. The van der Waals surface area contributed by atoms with Crippen molar-refractivity contribution in [2.75, 3.05) is 0 Å². The van der Waals surface area contributed by atoms with E-state index in [2.05, 4.69) is 0 Å². The largest absolute Gasteiger partial charge is 0.273 e. The Hall–Kier alpha value is -4.82. The fourth-order valence-electron chi connectivity index (χ4n) is 5.31. The molecule has 0 radical (unpaired) electrons. The summed E-state index contributed by atoms with van der Waals surface area (Å²) in [6.45, 7) is -0.161. The van der Waals surface area contributed by atoms with Gasteiger partial charge in [-0.3, -0.25) is 14.9 Å². The van der Waals surface area contributed by atoms with Crippen molar-refractivity contribution < 1.29 is 18.1 Å². The molecule has 1 unspecified atom stereocenters. The van der Waals surface area contributed by atoms with Gasteiger partial charge in [-0.15, -0.1) is 0 Å². The standard InChI is InChI=1S/C31H22N2O5S/c34-31-29(22-11-5-2-6-12-22)30-26-14-8-7-13-23(26)19-27(21-9-3-1-4-10-21)28(30)20-32(31)39(37,38)25-17-15-24(16-18-25)33(35)36/h1-19,29H,20H2. The zero-order valence-electron chi connectivity index (χ0n) is 20.6. The van der Waals surface area contributed by atoms with Crippen LogP contribution >= 0.6 is 0 Å². The molecule has 1 heterocycles. The predicted octanol–water partition coefficient (Wildman–Crippen LogP) is 6.28. The Kier molecular flexibility index (Phi) is 5.96. The number of hydrogen-bond donors (Lipinski definition) is 0. The predicted molar refractivity (Wildman–Crippen MR) is 149 cm³/mol. The summed E-state index contributed by atoms with van der Waals surface area (Å²) in [4.78, 5) is 24.6. The summed E-state index contributed by atoms with van der Waals surface area (Å²) in [7, 11) is -4.33. The molecule has 0 spiro atoms. The Balaban J connectivity index is 1.62. The number of carbonyl (C=O) groups excluding carboxylic acids is 1. The van der Waals surface area contributed by atoms with Crippen LogP contribution in [0.1, 0.15) is 22.6 Å². The lowest BCUT2D eigenvalue weighted by Crippen LogP contribution is -2.43. The average molecular weight is 535 g/mol. The quantitative estimate of drug-likeness (QED) is 0.195. The molecule has 5 aromatic carbocycles. The molecule has 192 valence electrons. The number of non-ortho nitro benzene ring substituents is 1. The third-order valence-electron chi connectivity index (χ3n) is 7.14. The molecule has 0 aliphatic carbocycles. The van der Waals surface area contributed by atoms with Crippen LogP contribution in [-0.2, 0) is 21.4 Å². The molecule has 0 aromatic heterocycles. The molecular weight excluding hydrogens is 512 g/mol. The van der Waals surface area contributed by atoms with Crippen LogP contribution in [0, 0.1) is 10.1 Å². The van der Waals surface area contributed by atoms with Gasteiger partial charge in [-0.05, 0) is 56.8 Å². The average Bonchev–Trinajstić information content (AvgIpc) is 2.97. The summed E-state index contributed by atoms with van der Waals surface area (Å²) >= 11 is 0. The van der Waals surface area contributed by atoms with E-state index >= 15 is 0 Å². The summed E-state index contributed by atoms with van der Waals surface area (Å²) in [6, 6.07) is 33.3. The Bertz CT molecular complexity index is 1840. The topological polar surface area (TPSA) is 97.6 Å². The van der Waals surface area contributed by atoms with Crippen LogP contribution in [0.15, 0.2) is 120 Å². The minimum Gasteiger partial charge on any atom is -0.273 e. The van der Waals surface area contributed by atoms with Gasteiger partial charge in [-0.25, -0.2) is 12.7 Å². The van der Waals surface area contributed by atoms with Crippen molar-refractivity contribution in [3.05, 3.63) is 142 Å². The number of hydrogen-bond acceptors (Lipinski definition) is 5. The molecule has 0 fully saturated rings. The molecule has 0 saturated carbocycles. The summed E-state index contributed by atoms with van der Waals surface area (Å²) in [5.74, 6) is -1.43. The minimum atomic E-state index is -4.33. The maximum Gasteiger partial charge on any atom is 0.269 e. The van der Waals surface area contributed by atoms with Gasteiger partial charge in [-0.1, -0.05) is 84.9 Å². The van der Waals surface area contributed by atoms with Gasteiger partial charge in [0.15, 0.2) is 0 Å². The Morgan fingerprint density at radius 1 is 0.795 bits per heavy atom. The van der Waals surface area contributed by atoms with Gasteiger partial charge in [0.1, 0.15) is 0 Å². The molecule has 1 aliphatic rings. The molecule has 5 aromatic rings. The van der Waals surface area contributed by atoms with Crippen LogP contribution in [0.25, 0.3) is 21.9 Å². The maximum atomic E-state index is 14.2. The zero-order valence-corrected chi connectivity index (χ0v) is 21.4. The number of fused-ring (bicyclic) bond motifs is 3. The number of nitro groups is 1. The number of amides is 1. The van der Waals surface area contributed by atoms with Crippen LogP contribution in [0.4, 0.5) is 5.69 Å². The van der Waals surface area contributed by atoms with E-state index in [4.69, 9.17) is 0 Å². The van der Waals surface area contributed by atoms with E-state index in [-0.39, 0.29) is 17.1 Å². The third-order valence-corrected chi connectivity index (χ3v) is 8.89. The molecule has 1 aliphatic heterocycles. The monoisotopic (exact) mass is 534 g/mol. The van der Waals surface area contributed by atoms with Crippen LogP contribution in [0.3, 0.4) is 0 Å². The van der Waals surface area contributed by atoms with Crippen molar-refractivity contribution >= 4 is 32.4 Å². The van der Waals surface area contributed by atoms with Crippen molar-refractivity contribution in [1.29, 1.82) is 0 Å². The van der Waals surface area contributed by atoms with Gasteiger partial charge in [0.25, 0.3) is 15.7 Å². The number of nitro benzene ring substituents is 1. The van der Waals surface area contributed by atoms with E-state index in [0.29, 0.717) is 5.56 Å². The van der Waals surface area contributed by atoms with Gasteiger partial charge in [0, 0.05) is 12.1 Å². The van der Waals surface area contributed by atoms with Gasteiger partial charge >= 0.3 is 0 Å².